The highest BCUT2D eigenvalue weighted by Crippen LogP contribution is 2.29. The lowest BCUT2D eigenvalue weighted by atomic mass is 10.1. The summed E-state index contributed by atoms with van der Waals surface area (Å²) in [6, 6.07) is 6.10. The van der Waals surface area contributed by atoms with Crippen LogP contribution in [0.4, 0.5) is 0 Å². The molecule has 1 aromatic carbocycles. The van der Waals surface area contributed by atoms with Crippen LogP contribution in [-0.4, -0.2) is 68.5 Å². The molecule has 2 heterocycles. The van der Waals surface area contributed by atoms with Crippen LogP contribution in [-0.2, 0) is 16.4 Å². The lowest BCUT2D eigenvalue weighted by molar-refractivity contribution is 0.195. The van der Waals surface area contributed by atoms with Crippen molar-refractivity contribution in [3.63, 3.8) is 0 Å². The van der Waals surface area contributed by atoms with Crippen LogP contribution in [0, 0.1) is 0 Å². The van der Waals surface area contributed by atoms with E-state index in [1.54, 1.807) is 16.4 Å². The molecule has 0 saturated carbocycles. The van der Waals surface area contributed by atoms with E-state index in [-0.39, 0.29) is 0 Å². The van der Waals surface area contributed by atoms with E-state index in [1.165, 1.54) is 31.5 Å². The molecule has 1 aromatic rings. The molecular formula is C19H30N2O3S2. The number of hydrogen-bond acceptors (Lipinski definition) is 5. The molecule has 0 N–H and O–H groups in total. The third-order valence-corrected chi connectivity index (χ3v) is 8.42. The smallest absolute Gasteiger partial charge is 0.246 e. The molecule has 26 heavy (non-hydrogen) atoms. The van der Waals surface area contributed by atoms with Crippen molar-refractivity contribution >= 4 is 21.8 Å². The van der Waals surface area contributed by atoms with Crippen LogP contribution >= 0.6 is 11.8 Å². The van der Waals surface area contributed by atoms with Crippen LogP contribution in [0.1, 0.15) is 31.7 Å². The minimum atomic E-state index is -3.54. The zero-order chi connectivity index (χ0) is 18.6. The van der Waals surface area contributed by atoms with Crippen molar-refractivity contribution < 1.29 is 13.2 Å². The Labute approximate surface area is 162 Å². The lowest BCUT2D eigenvalue weighted by Gasteiger charge is -2.33. The SMILES string of the molecule is CCc1ccc(OC)c(S(=O)(=O)N2CCCN(C3CCSCC3)CC2)c1. The molecule has 2 fully saturated rings. The van der Waals surface area contributed by atoms with Crippen molar-refractivity contribution in [2.24, 2.45) is 0 Å². The number of rotatable bonds is 5. The largest absolute Gasteiger partial charge is 0.495 e. The summed E-state index contributed by atoms with van der Waals surface area (Å²) in [7, 11) is -2.00. The molecule has 0 radical (unpaired) electrons. The van der Waals surface area contributed by atoms with Crippen molar-refractivity contribution in [2.75, 3.05) is 44.8 Å². The molecule has 0 amide bonds. The fourth-order valence-corrected chi connectivity index (χ4v) is 6.61. The Morgan fingerprint density at radius 1 is 1.15 bits per heavy atom. The summed E-state index contributed by atoms with van der Waals surface area (Å²) in [6.45, 7) is 4.99. The van der Waals surface area contributed by atoms with Gasteiger partial charge in [0.1, 0.15) is 10.6 Å². The predicted molar refractivity (Wildman–Crippen MR) is 108 cm³/mol. The maximum Gasteiger partial charge on any atom is 0.246 e. The first-order valence-electron chi connectivity index (χ1n) is 9.55. The fraction of sp³-hybridized carbons (Fsp3) is 0.684. The number of methoxy groups -OCH3 is 1. The molecule has 3 rings (SSSR count). The maximum absolute atomic E-state index is 13.3. The number of ether oxygens (including phenoxy) is 1. The van der Waals surface area contributed by atoms with Gasteiger partial charge in [0.25, 0.3) is 0 Å². The molecule has 0 aromatic heterocycles. The standard InChI is InChI=1S/C19H30N2O3S2/c1-3-16-5-6-18(24-2)19(15-16)26(22,23)21-10-4-9-20(11-12-21)17-7-13-25-14-8-17/h5-6,15,17H,3-4,7-14H2,1-2H3. The van der Waals surface area contributed by atoms with Crippen molar-refractivity contribution in [3.8, 4) is 5.75 Å². The zero-order valence-corrected chi connectivity index (χ0v) is 17.4. The van der Waals surface area contributed by atoms with E-state index < -0.39 is 10.0 Å². The van der Waals surface area contributed by atoms with Crippen molar-refractivity contribution in [1.29, 1.82) is 0 Å². The second-order valence-corrected chi connectivity index (χ2v) is 10.1. The van der Waals surface area contributed by atoms with Gasteiger partial charge in [0.05, 0.1) is 7.11 Å². The van der Waals surface area contributed by atoms with Crippen LogP contribution in [0.2, 0.25) is 0 Å². The molecule has 0 unspecified atom stereocenters. The highest BCUT2D eigenvalue weighted by molar-refractivity contribution is 7.99. The second kappa shape index (κ2) is 8.95. The molecule has 0 aliphatic carbocycles. The van der Waals surface area contributed by atoms with Crippen molar-refractivity contribution in [2.45, 2.75) is 43.5 Å². The molecule has 2 aliphatic rings. The van der Waals surface area contributed by atoms with Gasteiger partial charge >= 0.3 is 0 Å². The van der Waals surface area contributed by atoms with Crippen LogP contribution < -0.4 is 4.74 Å². The normalized spacial score (nSPS) is 21.5. The Hall–Kier alpha value is -0.760. The summed E-state index contributed by atoms with van der Waals surface area (Å²) in [5, 5.41) is 0. The summed E-state index contributed by atoms with van der Waals surface area (Å²) in [5.41, 5.74) is 1.01. The van der Waals surface area contributed by atoms with E-state index in [4.69, 9.17) is 4.74 Å². The molecule has 2 saturated heterocycles. The average molecular weight is 399 g/mol. The minimum Gasteiger partial charge on any atom is -0.495 e. The summed E-state index contributed by atoms with van der Waals surface area (Å²) >= 11 is 2.03. The molecule has 0 bridgehead atoms. The van der Waals surface area contributed by atoms with Gasteiger partial charge in [-0.1, -0.05) is 13.0 Å². The maximum atomic E-state index is 13.3. The lowest BCUT2D eigenvalue weighted by Crippen LogP contribution is -2.41. The van der Waals surface area contributed by atoms with Gasteiger partial charge in [-0.15, -0.1) is 0 Å². The van der Waals surface area contributed by atoms with Crippen molar-refractivity contribution in [1.82, 2.24) is 9.21 Å². The molecular weight excluding hydrogens is 368 g/mol. The number of hydrogen-bond donors (Lipinski definition) is 0. The monoisotopic (exact) mass is 398 g/mol. The quantitative estimate of drug-likeness (QED) is 0.763. The first-order chi connectivity index (χ1) is 12.6. The van der Waals surface area contributed by atoms with Gasteiger partial charge in [-0.25, -0.2) is 8.42 Å². The summed E-state index contributed by atoms with van der Waals surface area (Å²) in [5.74, 6) is 2.89. The van der Waals surface area contributed by atoms with Gasteiger partial charge in [0, 0.05) is 25.7 Å². The van der Waals surface area contributed by atoms with Crippen LogP contribution in [0.15, 0.2) is 23.1 Å². The summed E-state index contributed by atoms with van der Waals surface area (Å²) in [6.07, 6.45) is 4.15. The number of benzene rings is 1. The summed E-state index contributed by atoms with van der Waals surface area (Å²) in [4.78, 5) is 2.82. The van der Waals surface area contributed by atoms with E-state index in [2.05, 4.69) is 4.90 Å². The van der Waals surface area contributed by atoms with Gasteiger partial charge in [0.2, 0.25) is 10.0 Å². The van der Waals surface area contributed by atoms with E-state index in [1.807, 2.05) is 24.8 Å². The van der Waals surface area contributed by atoms with Gasteiger partial charge in [0.15, 0.2) is 0 Å². The van der Waals surface area contributed by atoms with E-state index in [0.717, 1.165) is 31.5 Å². The number of aryl methyl sites for hydroxylation is 1. The van der Waals surface area contributed by atoms with Crippen LogP contribution in [0.25, 0.3) is 0 Å². The van der Waals surface area contributed by atoms with Crippen LogP contribution in [0.3, 0.4) is 0 Å². The first-order valence-corrected chi connectivity index (χ1v) is 12.1. The van der Waals surface area contributed by atoms with Crippen molar-refractivity contribution in [3.05, 3.63) is 23.8 Å². The zero-order valence-electron chi connectivity index (χ0n) is 15.8. The van der Waals surface area contributed by atoms with E-state index >= 15 is 0 Å². The topological polar surface area (TPSA) is 49.9 Å². The average Bonchev–Trinajstić information content (AvgIpc) is 2.95. The first kappa shape index (κ1) is 20.0. The second-order valence-electron chi connectivity index (χ2n) is 6.98. The minimum absolute atomic E-state index is 0.307. The molecule has 0 spiro atoms. The van der Waals surface area contributed by atoms with Crippen LogP contribution in [0.5, 0.6) is 5.75 Å². The summed E-state index contributed by atoms with van der Waals surface area (Å²) < 4.78 is 33.6. The van der Waals surface area contributed by atoms with Gasteiger partial charge in [-0.3, -0.25) is 4.90 Å². The Bertz CT molecular complexity index is 703. The number of thioether (sulfide) groups is 1. The van der Waals surface area contributed by atoms with E-state index in [9.17, 15) is 8.42 Å². The van der Waals surface area contributed by atoms with E-state index in [0.29, 0.717) is 29.8 Å². The Morgan fingerprint density at radius 2 is 1.92 bits per heavy atom. The molecule has 5 nitrogen and oxygen atoms in total. The number of nitrogens with zero attached hydrogens (tertiary/aromatic N) is 2. The Morgan fingerprint density at radius 3 is 2.62 bits per heavy atom. The number of sulfonamides is 1. The highest BCUT2D eigenvalue weighted by atomic mass is 32.2. The third-order valence-electron chi connectivity index (χ3n) is 5.45. The molecule has 2 aliphatic heterocycles. The molecule has 0 atom stereocenters. The van der Waals surface area contributed by atoms with Gasteiger partial charge in [-0.2, -0.15) is 16.1 Å². The van der Waals surface area contributed by atoms with Gasteiger partial charge in [-0.05, 0) is 61.4 Å². The molecule has 146 valence electrons. The predicted octanol–water partition coefficient (Wildman–Crippen LogP) is 2.85. The molecule has 7 heteroatoms. The van der Waals surface area contributed by atoms with Gasteiger partial charge < -0.3 is 4.74 Å². The fourth-order valence-electron chi connectivity index (χ4n) is 3.85. The third kappa shape index (κ3) is 4.38. The Balaban J connectivity index is 1.77. The highest BCUT2D eigenvalue weighted by Gasteiger charge is 2.31. The Kier molecular flexibility index (Phi) is 6.88.